The van der Waals surface area contributed by atoms with Gasteiger partial charge in [0.15, 0.2) is 11.5 Å². The molecule has 0 spiro atoms. The van der Waals surface area contributed by atoms with E-state index in [4.69, 9.17) is 9.47 Å². The highest BCUT2D eigenvalue weighted by molar-refractivity contribution is 14.1. The first-order chi connectivity index (χ1) is 17.7. The number of carbonyl (C=O) groups excluding carboxylic acids is 2. The lowest BCUT2D eigenvalue weighted by Crippen LogP contribution is -2.27. The number of nitro groups is 1. The SMILES string of the molecule is CCOc1cc(/C=C2/SC(=O)N(Cc3ccc(I)cc3)C2=O)cc(I)c1OCc1ccc([N+](=O)[O-])cc1. The van der Waals surface area contributed by atoms with Crippen LogP contribution in [0.1, 0.15) is 23.6 Å². The van der Waals surface area contributed by atoms with Crippen molar-refractivity contribution >= 4 is 79.9 Å². The largest absolute Gasteiger partial charge is 0.490 e. The second-order valence-electron chi connectivity index (χ2n) is 7.87. The zero-order valence-corrected chi connectivity index (χ0v) is 24.6. The number of nitrogens with zero attached hydrogens (tertiary/aromatic N) is 2. The molecular formula is C26H20I2N2O6S. The Kier molecular flexibility index (Phi) is 9.08. The number of nitro benzene ring substituents is 1. The van der Waals surface area contributed by atoms with Gasteiger partial charge in [0.25, 0.3) is 16.8 Å². The molecule has 1 fully saturated rings. The maximum absolute atomic E-state index is 13.0. The van der Waals surface area contributed by atoms with E-state index in [0.29, 0.717) is 28.6 Å². The third kappa shape index (κ3) is 6.82. The summed E-state index contributed by atoms with van der Waals surface area (Å²) in [6, 6.07) is 17.5. The highest BCUT2D eigenvalue weighted by Crippen LogP contribution is 2.38. The van der Waals surface area contributed by atoms with Crippen molar-refractivity contribution in [2.75, 3.05) is 6.61 Å². The monoisotopic (exact) mass is 742 g/mol. The van der Waals surface area contributed by atoms with Crippen LogP contribution in [0.4, 0.5) is 10.5 Å². The average molecular weight is 742 g/mol. The topological polar surface area (TPSA) is 99.0 Å². The van der Waals surface area contributed by atoms with Crippen LogP contribution in [-0.2, 0) is 17.9 Å². The maximum atomic E-state index is 13.0. The summed E-state index contributed by atoms with van der Waals surface area (Å²) in [5.74, 6) is 0.700. The summed E-state index contributed by atoms with van der Waals surface area (Å²) < 4.78 is 13.6. The van der Waals surface area contributed by atoms with Crippen LogP contribution in [0.3, 0.4) is 0 Å². The smallest absolute Gasteiger partial charge is 0.293 e. The van der Waals surface area contributed by atoms with E-state index in [9.17, 15) is 19.7 Å². The number of non-ortho nitro benzene ring substituents is 1. The maximum Gasteiger partial charge on any atom is 0.293 e. The van der Waals surface area contributed by atoms with Gasteiger partial charge in [-0.25, -0.2) is 0 Å². The van der Waals surface area contributed by atoms with Gasteiger partial charge in [0.2, 0.25) is 0 Å². The molecule has 0 bridgehead atoms. The molecule has 1 heterocycles. The molecule has 0 unspecified atom stereocenters. The first kappa shape index (κ1) is 27.4. The van der Waals surface area contributed by atoms with Crippen LogP contribution in [-0.4, -0.2) is 27.6 Å². The number of carbonyl (C=O) groups is 2. The molecule has 0 radical (unpaired) electrons. The number of thioether (sulfide) groups is 1. The van der Waals surface area contributed by atoms with E-state index in [-0.39, 0.29) is 30.0 Å². The van der Waals surface area contributed by atoms with Crippen molar-refractivity contribution in [1.82, 2.24) is 4.90 Å². The summed E-state index contributed by atoms with van der Waals surface area (Å²) >= 11 is 5.25. The molecule has 8 nitrogen and oxygen atoms in total. The Morgan fingerprint density at radius 3 is 2.32 bits per heavy atom. The highest BCUT2D eigenvalue weighted by atomic mass is 127. The summed E-state index contributed by atoms with van der Waals surface area (Å²) in [5.41, 5.74) is 2.37. The molecular weight excluding hydrogens is 722 g/mol. The number of amides is 2. The second kappa shape index (κ2) is 12.3. The summed E-state index contributed by atoms with van der Waals surface area (Å²) in [6.45, 7) is 2.68. The van der Waals surface area contributed by atoms with Gasteiger partial charge < -0.3 is 9.47 Å². The van der Waals surface area contributed by atoms with Crippen LogP contribution in [0.5, 0.6) is 11.5 Å². The number of imide groups is 1. The molecule has 0 aliphatic carbocycles. The Morgan fingerprint density at radius 2 is 1.68 bits per heavy atom. The Bertz CT molecular complexity index is 1380. The van der Waals surface area contributed by atoms with E-state index in [1.165, 1.54) is 17.0 Å². The van der Waals surface area contributed by atoms with E-state index in [1.54, 1.807) is 24.3 Å². The molecule has 3 aromatic carbocycles. The van der Waals surface area contributed by atoms with Gasteiger partial charge in [-0.05, 0) is 123 Å². The fraction of sp³-hybridized carbons (Fsp3) is 0.154. The average Bonchev–Trinajstić information content (AvgIpc) is 3.12. The van der Waals surface area contributed by atoms with Crippen LogP contribution < -0.4 is 9.47 Å². The third-order valence-corrected chi connectivity index (χ3v) is 7.72. The zero-order chi connectivity index (χ0) is 26.5. The molecule has 11 heteroatoms. The lowest BCUT2D eigenvalue weighted by atomic mass is 10.1. The fourth-order valence-corrected chi connectivity index (χ4v) is 5.48. The Morgan fingerprint density at radius 1 is 1.00 bits per heavy atom. The fourth-order valence-electron chi connectivity index (χ4n) is 3.50. The number of halogens is 2. The molecule has 4 rings (SSSR count). The summed E-state index contributed by atoms with van der Waals surface area (Å²) in [5, 5.41) is 10.6. The summed E-state index contributed by atoms with van der Waals surface area (Å²) in [6.07, 6.45) is 1.68. The highest BCUT2D eigenvalue weighted by Gasteiger charge is 2.35. The molecule has 0 aromatic heterocycles. The number of benzene rings is 3. The Balaban J connectivity index is 1.52. The van der Waals surface area contributed by atoms with E-state index in [1.807, 2.05) is 37.3 Å². The summed E-state index contributed by atoms with van der Waals surface area (Å²) in [7, 11) is 0. The van der Waals surface area contributed by atoms with Crippen molar-refractivity contribution in [3.05, 3.63) is 99.5 Å². The lowest BCUT2D eigenvalue weighted by Gasteiger charge is -2.15. The first-order valence-corrected chi connectivity index (χ1v) is 14.0. The van der Waals surface area contributed by atoms with Gasteiger partial charge in [-0.2, -0.15) is 0 Å². The van der Waals surface area contributed by atoms with Gasteiger partial charge in [0.1, 0.15) is 6.61 Å². The van der Waals surface area contributed by atoms with Crippen LogP contribution in [0, 0.1) is 17.3 Å². The third-order valence-electron chi connectivity index (χ3n) is 5.29. The van der Waals surface area contributed by atoms with E-state index in [0.717, 1.165) is 30.0 Å². The van der Waals surface area contributed by atoms with Crippen LogP contribution >= 0.6 is 56.9 Å². The van der Waals surface area contributed by atoms with E-state index >= 15 is 0 Å². The first-order valence-electron chi connectivity index (χ1n) is 11.1. The van der Waals surface area contributed by atoms with Crippen LogP contribution in [0.2, 0.25) is 0 Å². The molecule has 0 atom stereocenters. The predicted octanol–water partition coefficient (Wildman–Crippen LogP) is 7.02. The molecule has 1 saturated heterocycles. The van der Waals surface area contributed by atoms with Crippen LogP contribution in [0.25, 0.3) is 6.08 Å². The van der Waals surface area contributed by atoms with Crippen molar-refractivity contribution in [1.29, 1.82) is 0 Å². The van der Waals surface area contributed by atoms with Crippen molar-refractivity contribution in [2.45, 2.75) is 20.1 Å². The quantitative estimate of drug-likeness (QED) is 0.101. The second-order valence-corrected chi connectivity index (χ2v) is 11.3. The lowest BCUT2D eigenvalue weighted by molar-refractivity contribution is -0.384. The van der Waals surface area contributed by atoms with E-state index < -0.39 is 4.92 Å². The normalized spacial score (nSPS) is 14.4. The van der Waals surface area contributed by atoms with Crippen molar-refractivity contribution in [2.24, 2.45) is 0 Å². The minimum atomic E-state index is -0.448. The van der Waals surface area contributed by atoms with Gasteiger partial charge >= 0.3 is 0 Å². The Hall–Kier alpha value is -2.65. The van der Waals surface area contributed by atoms with Crippen LogP contribution in [0.15, 0.2) is 65.6 Å². The molecule has 1 aliphatic rings. The number of rotatable bonds is 9. The summed E-state index contributed by atoms with van der Waals surface area (Å²) in [4.78, 5) is 37.6. The molecule has 1 aliphatic heterocycles. The predicted molar refractivity (Wildman–Crippen MR) is 158 cm³/mol. The van der Waals surface area contributed by atoms with Gasteiger partial charge in [-0.3, -0.25) is 24.6 Å². The van der Waals surface area contributed by atoms with Gasteiger partial charge in [0.05, 0.1) is 26.6 Å². The van der Waals surface area contributed by atoms with E-state index in [2.05, 4.69) is 45.2 Å². The van der Waals surface area contributed by atoms with Gasteiger partial charge in [0, 0.05) is 15.7 Å². The standard InChI is InChI=1S/C26H20I2N2O6S/c1-2-35-22-12-18(11-21(28)24(22)36-15-17-5-9-20(10-6-17)30(33)34)13-23-25(31)29(26(32)37-23)14-16-3-7-19(27)8-4-16/h3-13H,2,14-15H2,1H3/b23-13+. The minimum Gasteiger partial charge on any atom is -0.490 e. The van der Waals surface area contributed by atoms with Crippen molar-refractivity contribution in [3.8, 4) is 11.5 Å². The Labute approximate surface area is 244 Å². The number of hydrogen-bond acceptors (Lipinski definition) is 7. The van der Waals surface area contributed by atoms with Gasteiger partial charge in [-0.1, -0.05) is 12.1 Å². The molecule has 0 N–H and O–H groups in total. The molecule has 37 heavy (non-hydrogen) atoms. The molecule has 0 saturated carbocycles. The molecule has 3 aromatic rings. The van der Waals surface area contributed by atoms with Gasteiger partial charge in [-0.15, -0.1) is 0 Å². The van der Waals surface area contributed by atoms with Crippen molar-refractivity contribution in [3.63, 3.8) is 0 Å². The molecule has 2 amide bonds. The zero-order valence-electron chi connectivity index (χ0n) is 19.5. The minimum absolute atomic E-state index is 0.0145. The molecule has 190 valence electrons. The number of hydrogen-bond donors (Lipinski definition) is 0. The number of ether oxygens (including phenoxy) is 2. The van der Waals surface area contributed by atoms with Crippen molar-refractivity contribution < 1.29 is 24.0 Å².